The smallest absolute Gasteiger partial charge is 0.328 e. The molecule has 2 N–H and O–H groups in total. The number of hydrogen-bond acceptors (Lipinski definition) is 3. The average molecular weight is 199 g/mol. The van der Waals surface area contributed by atoms with Crippen LogP contribution in [0.15, 0.2) is 12.2 Å². The first kappa shape index (κ1) is 10.7. The number of carboxylic acids is 1. The SMILES string of the molecule is O=C(O)/C=C/C(=O)NOC1CCCC1. The van der Waals surface area contributed by atoms with E-state index in [9.17, 15) is 9.59 Å². The Balaban J connectivity index is 2.17. The molecule has 1 saturated carbocycles. The zero-order chi connectivity index (χ0) is 10.4. The van der Waals surface area contributed by atoms with Crippen molar-refractivity contribution in [3.05, 3.63) is 12.2 Å². The summed E-state index contributed by atoms with van der Waals surface area (Å²) in [5, 5.41) is 8.23. The number of aliphatic carboxylic acids is 1. The van der Waals surface area contributed by atoms with Crippen molar-refractivity contribution in [1.82, 2.24) is 5.48 Å². The molecule has 0 aromatic carbocycles. The molecular formula is C9H13NO4. The van der Waals surface area contributed by atoms with Crippen molar-refractivity contribution in [3.63, 3.8) is 0 Å². The van der Waals surface area contributed by atoms with Gasteiger partial charge in [0.05, 0.1) is 6.10 Å². The Labute approximate surface area is 81.7 Å². The van der Waals surface area contributed by atoms with Crippen molar-refractivity contribution in [3.8, 4) is 0 Å². The zero-order valence-electron chi connectivity index (χ0n) is 7.73. The Kier molecular flexibility index (Phi) is 4.12. The summed E-state index contributed by atoms with van der Waals surface area (Å²) in [6, 6.07) is 0. The molecule has 1 aliphatic carbocycles. The van der Waals surface area contributed by atoms with Crippen LogP contribution in [0.2, 0.25) is 0 Å². The molecule has 0 bridgehead atoms. The summed E-state index contributed by atoms with van der Waals surface area (Å²) in [7, 11) is 0. The van der Waals surface area contributed by atoms with Gasteiger partial charge in [-0.1, -0.05) is 12.8 Å². The van der Waals surface area contributed by atoms with Gasteiger partial charge in [-0.2, -0.15) is 0 Å². The first-order valence-corrected chi connectivity index (χ1v) is 4.55. The molecule has 5 heteroatoms. The van der Waals surface area contributed by atoms with Gasteiger partial charge in [0, 0.05) is 12.2 Å². The molecule has 14 heavy (non-hydrogen) atoms. The third kappa shape index (κ3) is 4.04. The standard InChI is InChI=1S/C9H13NO4/c11-8(5-6-9(12)13)10-14-7-3-1-2-4-7/h5-7H,1-4H2,(H,10,11)(H,12,13)/b6-5+. The Bertz CT molecular complexity index is 243. The highest BCUT2D eigenvalue weighted by Gasteiger charge is 2.16. The van der Waals surface area contributed by atoms with Crippen molar-refractivity contribution in [2.24, 2.45) is 0 Å². The fourth-order valence-corrected chi connectivity index (χ4v) is 1.33. The number of carboxylic acid groups (broad SMARTS) is 1. The minimum absolute atomic E-state index is 0.0807. The summed E-state index contributed by atoms with van der Waals surface area (Å²) in [5.74, 6) is -1.69. The van der Waals surface area contributed by atoms with Gasteiger partial charge in [0.25, 0.3) is 5.91 Å². The largest absolute Gasteiger partial charge is 0.478 e. The Hall–Kier alpha value is -1.36. The van der Waals surface area contributed by atoms with Crippen LogP contribution in [0.25, 0.3) is 0 Å². The Morgan fingerprint density at radius 3 is 2.50 bits per heavy atom. The van der Waals surface area contributed by atoms with Gasteiger partial charge in [0.1, 0.15) is 0 Å². The monoisotopic (exact) mass is 199 g/mol. The van der Waals surface area contributed by atoms with Crippen LogP contribution in [0.5, 0.6) is 0 Å². The van der Waals surface area contributed by atoms with Gasteiger partial charge in [0.15, 0.2) is 0 Å². The highest BCUT2D eigenvalue weighted by atomic mass is 16.7. The van der Waals surface area contributed by atoms with Crippen LogP contribution in [0, 0.1) is 0 Å². The second-order valence-corrected chi connectivity index (χ2v) is 3.16. The van der Waals surface area contributed by atoms with Gasteiger partial charge >= 0.3 is 5.97 Å². The van der Waals surface area contributed by atoms with E-state index in [0.29, 0.717) is 0 Å². The lowest BCUT2D eigenvalue weighted by atomic mass is 10.3. The van der Waals surface area contributed by atoms with Gasteiger partial charge < -0.3 is 5.11 Å². The molecule has 1 rings (SSSR count). The first-order valence-electron chi connectivity index (χ1n) is 4.55. The van der Waals surface area contributed by atoms with Crippen molar-refractivity contribution in [2.45, 2.75) is 31.8 Å². The number of hydroxylamine groups is 1. The first-order chi connectivity index (χ1) is 6.68. The highest BCUT2D eigenvalue weighted by molar-refractivity contribution is 5.93. The molecule has 0 aliphatic heterocycles. The molecule has 5 nitrogen and oxygen atoms in total. The van der Waals surface area contributed by atoms with E-state index >= 15 is 0 Å². The average Bonchev–Trinajstić information content (AvgIpc) is 2.63. The minimum atomic E-state index is -1.15. The quantitative estimate of drug-likeness (QED) is 0.514. The zero-order valence-corrected chi connectivity index (χ0v) is 7.73. The topological polar surface area (TPSA) is 75.6 Å². The van der Waals surface area contributed by atoms with E-state index in [4.69, 9.17) is 9.94 Å². The summed E-state index contributed by atoms with van der Waals surface area (Å²) in [6.45, 7) is 0. The minimum Gasteiger partial charge on any atom is -0.478 e. The van der Waals surface area contributed by atoms with Gasteiger partial charge in [-0.15, -0.1) is 0 Å². The summed E-state index contributed by atoms with van der Waals surface area (Å²) in [5.41, 5.74) is 2.19. The number of nitrogens with one attached hydrogen (secondary N) is 1. The number of carbonyl (C=O) groups is 2. The number of hydrogen-bond donors (Lipinski definition) is 2. The molecule has 0 unspecified atom stereocenters. The van der Waals surface area contributed by atoms with Gasteiger partial charge in [-0.05, 0) is 12.8 Å². The van der Waals surface area contributed by atoms with Crippen molar-refractivity contribution >= 4 is 11.9 Å². The van der Waals surface area contributed by atoms with Crippen LogP contribution in [-0.4, -0.2) is 23.1 Å². The number of rotatable bonds is 4. The Morgan fingerprint density at radius 1 is 1.29 bits per heavy atom. The van der Waals surface area contributed by atoms with Crippen LogP contribution < -0.4 is 5.48 Å². The van der Waals surface area contributed by atoms with Gasteiger partial charge in [-0.3, -0.25) is 9.63 Å². The summed E-state index contributed by atoms with van der Waals surface area (Å²) < 4.78 is 0. The molecule has 1 fully saturated rings. The summed E-state index contributed by atoms with van der Waals surface area (Å²) in [4.78, 5) is 26.0. The third-order valence-corrected chi connectivity index (χ3v) is 2.01. The molecule has 0 spiro atoms. The predicted molar refractivity (Wildman–Crippen MR) is 48.3 cm³/mol. The molecule has 0 heterocycles. The van der Waals surface area contributed by atoms with E-state index in [1.54, 1.807) is 0 Å². The van der Waals surface area contributed by atoms with Crippen LogP contribution in [-0.2, 0) is 14.4 Å². The highest BCUT2D eigenvalue weighted by Crippen LogP contribution is 2.19. The third-order valence-electron chi connectivity index (χ3n) is 2.01. The molecule has 1 amide bonds. The summed E-state index contributed by atoms with van der Waals surface area (Å²) >= 11 is 0. The number of carbonyl (C=O) groups excluding carboxylic acids is 1. The molecule has 0 aromatic heterocycles. The maximum absolute atomic E-state index is 10.9. The summed E-state index contributed by atoms with van der Waals surface area (Å²) in [6.07, 6.45) is 5.91. The van der Waals surface area contributed by atoms with Crippen LogP contribution in [0.3, 0.4) is 0 Å². The van der Waals surface area contributed by atoms with E-state index in [1.807, 2.05) is 0 Å². The lowest BCUT2D eigenvalue weighted by molar-refractivity contribution is -0.134. The van der Waals surface area contributed by atoms with Crippen LogP contribution in [0.1, 0.15) is 25.7 Å². The Morgan fingerprint density at radius 2 is 1.93 bits per heavy atom. The lowest BCUT2D eigenvalue weighted by Gasteiger charge is -2.09. The van der Waals surface area contributed by atoms with Crippen molar-refractivity contribution < 1.29 is 19.5 Å². The molecule has 0 atom stereocenters. The van der Waals surface area contributed by atoms with E-state index in [0.717, 1.165) is 37.8 Å². The van der Waals surface area contributed by atoms with Crippen molar-refractivity contribution in [1.29, 1.82) is 0 Å². The van der Waals surface area contributed by atoms with Crippen LogP contribution in [0.4, 0.5) is 0 Å². The fourth-order valence-electron chi connectivity index (χ4n) is 1.33. The van der Waals surface area contributed by atoms with Crippen molar-refractivity contribution in [2.75, 3.05) is 0 Å². The van der Waals surface area contributed by atoms with E-state index in [1.165, 1.54) is 0 Å². The van der Waals surface area contributed by atoms with E-state index in [-0.39, 0.29) is 6.10 Å². The van der Waals surface area contributed by atoms with Gasteiger partial charge in [-0.25, -0.2) is 10.3 Å². The lowest BCUT2D eigenvalue weighted by Crippen LogP contribution is -2.26. The molecule has 0 saturated heterocycles. The normalized spacial score (nSPS) is 17.4. The maximum Gasteiger partial charge on any atom is 0.328 e. The second kappa shape index (κ2) is 5.39. The molecule has 0 radical (unpaired) electrons. The molecular weight excluding hydrogens is 186 g/mol. The van der Waals surface area contributed by atoms with Crippen LogP contribution >= 0.6 is 0 Å². The predicted octanol–water partition coefficient (Wildman–Crippen LogP) is 0.618. The number of amides is 1. The van der Waals surface area contributed by atoms with E-state index < -0.39 is 11.9 Å². The van der Waals surface area contributed by atoms with E-state index in [2.05, 4.69) is 5.48 Å². The second-order valence-electron chi connectivity index (χ2n) is 3.16. The molecule has 1 aliphatic rings. The molecule has 0 aromatic rings. The van der Waals surface area contributed by atoms with Gasteiger partial charge in [0.2, 0.25) is 0 Å². The fraction of sp³-hybridized carbons (Fsp3) is 0.556. The molecule has 78 valence electrons. The maximum atomic E-state index is 10.9.